The molecule has 2 aliphatic rings. The van der Waals surface area contributed by atoms with Gasteiger partial charge in [-0.25, -0.2) is 0 Å². The zero-order chi connectivity index (χ0) is 13.0. The summed E-state index contributed by atoms with van der Waals surface area (Å²) in [5.41, 5.74) is 1.62. The molecule has 0 saturated heterocycles. The normalized spacial score (nSPS) is 20.4. The van der Waals surface area contributed by atoms with Crippen LogP contribution in [0.15, 0.2) is 47.9 Å². The van der Waals surface area contributed by atoms with Gasteiger partial charge in [-0.2, -0.15) is 0 Å². The van der Waals surface area contributed by atoms with E-state index in [0.717, 1.165) is 5.57 Å². The van der Waals surface area contributed by atoms with Crippen LogP contribution in [0.4, 0.5) is 0 Å². The number of carbonyl (C=O) groups excluding carboxylic acids is 2. The fraction of sp³-hybridized carbons (Fsp3) is 0.286. The highest BCUT2D eigenvalue weighted by atomic mass is 16.5. The average Bonchev–Trinajstić information content (AvgIpc) is 2.38. The summed E-state index contributed by atoms with van der Waals surface area (Å²) in [5.74, 6) is -0.732. The lowest BCUT2D eigenvalue weighted by atomic mass is 9.84. The van der Waals surface area contributed by atoms with E-state index in [2.05, 4.69) is 5.32 Å². The van der Waals surface area contributed by atoms with Crippen molar-refractivity contribution in [3.8, 4) is 0 Å². The molecule has 1 N–H and O–H groups in total. The highest BCUT2D eigenvalue weighted by Gasteiger charge is 2.26. The van der Waals surface area contributed by atoms with Gasteiger partial charge in [0.25, 0.3) is 0 Å². The van der Waals surface area contributed by atoms with Gasteiger partial charge in [-0.15, -0.1) is 0 Å². The SMILES string of the molecule is CCOC(=O)CC(=O)C1=CNC=C2C=CC=CC21. The second-order valence-electron chi connectivity index (χ2n) is 4.04. The predicted octanol–water partition coefficient (Wildman–Crippen LogP) is 1.62. The van der Waals surface area contributed by atoms with E-state index in [0.29, 0.717) is 12.2 Å². The molecular weight excluding hydrogens is 230 g/mol. The van der Waals surface area contributed by atoms with Crippen molar-refractivity contribution >= 4 is 11.8 Å². The van der Waals surface area contributed by atoms with E-state index in [-0.39, 0.29) is 18.1 Å². The lowest BCUT2D eigenvalue weighted by Gasteiger charge is -2.23. The van der Waals surface area contributed by atoms with E-state index in [1.165, 1.54) is 0 Å². The molecule has 0 spiro atoms. The van der Waals surface area contributed by atoms with Crippen LogP contribution in [-0.4, -0.2) is 18.4 Å². The third-order valence-electron chi connectivity index (χ3n) is 2.82. The Labute approximate surface area is 106 Å². The number of rotatable bonds is 4. The Balaban J connectivity index is 2.07. The highest BCUT2D eigenvalue weighted by molar-refractivity contribution is 6.06. The molecule has 0 aromatic rings. The zero-order valence-corrected chi connectivity index (χ0v) is 10.2. The first-order chi connectivity index (χ1) is 8.72. The van der Waals surface area contributed by atoms with Gasteiger partial charge in [0.15, 0.2) is 5.78 Å². The van der Waals surface area contributed by atoms with Crippen LogP contribution in [0, 0.1) is 5.92 Å². The van der Waals surface area contributed by atoms with Gasteiger partial charge in [-0.1, -0.05) is 24.3 Å². The minimum absolute atomic E-state index is 0.0572. The smallest absolute Gasteiger partial charge is 0.313 e. The number of hydrogen-bond donors (Lipinski definition) is 1. The topological polar surface area (TPSA) is 55.4 Å². The molecule has 2 rings (SSSR count). The van der Waals surface area contributed by atoms with Crippen molar-refractivity contribution in [3.05, 3.63) is 47.9 Å². The summed E-state index contributed by atoms with van der Waals surface area (Å²) < 4.78 is 4.79. The number of dihydropyridines is 1. The molecule has 0 saturated carbocycles. The van der Waals surface area contributed by atoms with Crippen molar-refractivity contribution < 1.29 is 14.3 Å². The fourth-order valence-electron chi connectivity index (χ4n) is 1.99. The molecule has 0 fully saturated rings. The molecule has 1 heterocycles. The Bertz CT molecular complexity index is 483. The first kappa shape index (κ1) is 12.4. The largest absolute Gasteiger partial charge is 0.466 e. The van der Waals surface area contributed by atoms with Gasteiger partial charge in [-0.3, -0.25) is 9.59 Å². The second kappa shape index (κ2) is 5.49. The molecule has 0 amide bonds. The van der Waals surface area contributed by atoms with Crippen molar-refractivity contribution in [2.75, 3.05) is 6.61 Å². The molecule has 0 bridgehead atoms. The Kier molecular flexibility index (Phi) is 3.77. The summed E-state index contributed by atoms with van der Waals surface area (Å²) in [5, 5.41) is 2.94. The van der Waals surface area contributed by atoms with Gasteiger partial charge < -0.3 is 10.1 Å². The molecule has 1 unspecified atom stereocenters. The van der Waals surface area contributed by atoms with E-state index in [4.69, 9.17) is 4.74 Å². The minimum atomic E-state index is -0.477. The molecule has 18 heavy (non-hydrogen) atoms. The summed E-state index contributed by atoms with van der Waals surface area (Å²) in [6.07, 6.45) is 11.0. The first-order valence-electron chi connectivity index (χ1n) is 5.92. The van der Waals surface area contributed by atoms with Gasteiger partial charge in [-0.05, 0) is 12.5 Å². The van der Waals surface area contributed by atoms with Crippen LogP contribution >= 0.6 is 0 Å². The maximum absolute atomic E-state index is 12.0. The van der Waals surface area contributed by atoms with Crippen molar-refractivity contribution in [2.24, 2.45) is 5.92 Å². The van der Waals surface area contributed by atoms with Crippen molar-refractivity contribution in [1.82, 2.24) is 5.32 Å². The molecule has 0 radical (unpaired) electrons. The lowest BCUT2D eigenvalue weighted by molar-refractivity contribution is -0.145. The Morgan fingerprint density at radius 2 is 2.17 bits per heavy atom. The summed E-state index contributed by atoms with van der Waals surface area (Å²) in [6, 6.07) is 0. The fourth-order valence-corrected chi connectivity index (χ4v) is 1.99. The number of allylic oxidation sites excluding steroid dienone is 6. The van der Waals surface area contributed by atoms with E-state index in [9.17, 15) is 9.59 Å². The van der Waals surface area contributed by atoms with E-state index in [1.807, 2.05) is 30.5 Å². The first-order valence-corrected chi connectivity index (χ1v) is 5.92. The number of fused-ring (bicyclic) bond motifs is 1. The number of ketones is 1. The standard InChI is InChI=1S/C14H15NO3/c1-2-18-14(17)7-13(16)12-9-15-8-10-5-3-4-6-11(10)12/h3-6,8-9,11,15H,2,7H2,1H3. The van der Waals surface area contributed by atoms with E-state index in [1.54, 1.807) is 13.1 Å². The monoisotopic (exact) mass is 245 g/mol. The van der Waals surface area contributed by atoms with Crippen LogP contribution in [0.5, 0.6) is 0 Å². The van der Waals surface area contributed by atoms with E-state index < -0.39 is 5.97 Å². The van der Waals surface area contributed by atoms with Crippen molar-refractivity contribution in [3.63, 3.8) is 0 Å². The van der Waals surface area contributed by atoms with Gasteiger partial charge in [0.1, 0.15) is 6.42 Å². The second-order valence-corrected chi connectivity index (χ2v) is 4.04. The van der Waals surface area contributed by atoms with Gasteiger partial charge in [0, 0.05) is 23.9 Å². The molecular formula is C14H15NO3. The van der Waals surface area contributed by atoms with Crippen molar-refractivity contribution in [1.29, 1.82) is 0 Å². The average molecular weight is 245 g/mol. The van der Waals surface area contributed by atoms with Crippen molar-refractivity contribution in [2.45, 2.75) is 13.3 Å². The van der Waals surface area contributed by atoms with Gasteiger partial charge in [0.05, 0.1) is 6.61 Å². The quantitative estimate of drug-likeness (QED) is 0.604. The maximum atomic E-state index is 12.0. The van der Waals surface area contributed by atoms with Crippen LogP contribution in [0.1, 0.15) is 13.3 Å². The summed E-state index contributed by atoms with van der Waals surface area (Å²) in [6.45, 7) is 2.01. The molecule has 94 valence electrons. The van der Waals surface area contributed by atoms with Crippen LogP contribution < -0.4 is 5.32 Å². The number of Topliss-reactive ketones (excluding diaryl/α,β-unsaturated/α-hetero) is 1. The van der Waals surface area contributed by atoms with Crippen LogP contribution in [0.3, 0.4) is 0 Å². The Hall–Kier alpha value is -2.10. The molecule has 1 aliphatic carbocycles. The number of nitrogens with one attached hydrogen (secondary N) is 1. The molecule has 1 atom stereocenters. The summed E-state index contributed by atoms with van der Waals surface area (Å²) in [4.78, 5) is 23.4. The van der Waals surface area contributed by atoms with E-state index >= 15 is 0 Å². The molecule has 0 aromatic carbocycles. The third kappa shape index (κ3) is 2.59. The zero-order valence-electron chi connectivity index (χ0n) is 10.2. The molecule has 4 nitrogen and oxygen atoms in total. The Morgan fingerprint density at radius 3 is 2.94 bits per heavy atom. The number of ether oxygens (including phenoxy) is 1. The number of hydrogen-bond acceptors (Lipinski definition) is 4. The minimum Gasteiger partial charge on any atom is -0.466 e. The highest BCUT2D eigenvalue weighted by Crippen LogP contribution is 2.29. The number of esters is 1. The number of carbonyl (C=O) groups is 2. The van der Waals surface area contributed by atoms with Gasteiger partial charge in [0.2, 0.25) is 0 Å². The summed E-state index contributed by atoms with van der Waals surface area (Å²) >= 11 is 0. The molecule has 1 aliphatic heterocycles. The lowest BCUT2D eigenvalue weighted by Crippen LogP contribution is -2.23. The Morgan fingerprint density at radius 1 is 1.33 bits per heavy atom. The van der Waals surface area contributed by atoms with Crippen LogP contribution in [0.2, 0.25) is 0 Å². The molecule has 4 heteroatoms. The summed E-state index contributed by atoms with van der Waals surface area (Å²) in [7, 11) is 0. The molecule has 0 aromatic heterocycles. The third-order valence-corrected chi connectivity index (χ3v) is 2.82. The van der Waals surface area contributed by atoms with Gasteiger partial charge >= 0.3 is 5.97 Å². The van der Waals surface area contributed by atoms with Crippen LogP contribution in [-0.2, 0) is 14.3 Å². The maximum Gasteiger partial charge on any atom is 0.313 e. The predicted molar refractivity (Wildman–Crippen MR) is 67.3 cm³/mol. The van der Waals surface area contributed by atoms with Crippen LogP contribution in [0.25, 0.3) is 0 Å².